The zero-order chi connectivity index (χ0) is 16.1. The molecule has 23 heavy (non-hydrogen) atoms. The van der Waals surface area contributed by atoms with Crippen LogP contribution < -0.4 is 10.6 Å². The highest BCUT2D eigenvalue weighted by Gasteiger charge is 2.39. The number of carbonyl (C=O) groups excluding carboxylic acids is 1. The number of nitrogens with zero attached hydrogens (tertiary/aromatic N) is 2. The SMILES string of the molecule is O=C(NCCCCn1ccnc1)N[C@@H]1C[C@H]1c1cccc(Cl)c1. The molecule has 5 nitrogen and oxygen atoms in total. The molecule has 2 atom stereocenters. The van der Waals surface area contributed by atoms with Crippen LogP contribution in [0.15, 0.2) is 43.0 Å². The third-order valence-electron chi connectivity index (χ3n) is 4.07. The van der Waals surface area contributed by atoms with E-state index in [2.05, 4.69) is 21.7 Å². The molecular formula is C17H21ClN4O. The van der Waals surface area contributed by atoms with Crippen LogP contribution >= 0.6 is 11.6 Å². The van der Waals surface area contributed by atoms with Gasteiger partial charge in [0.1, 0.15) is 0 Å². The fourth-order valence-electron chi connectivity index (χ4n) is 2.72. The first-order valence-corrected chi connectivity index (χ1v) is 8.36. The summed E-state index contributed by atoms with van der Waals surface area (Å²) in [5.41, 5.74) is 1.20. The van der Waals surface area contributed by atoms with Crippen molar-refractivity contribution in [3.05, 3.63) is 53.6 Å². The lowest BCUT2D eigenvalue weighted by molar-refractivity contribution is 0.240. The molecular weight excluding hydrogens is 312 g/mol. The van der Waals surface area contributed by atoms with Gasteiger partial charge in [0, 0.05) is 42.5 Å². The summed E-state index contributed by atoms with van der Waals surface area (Å²) in [6.07, 6.45) is 8.48. The molecule has 0 radical (unpaired) electrons. The number of aromatic nitrogens is 2. The van der Waals surface area contributed by atoms with Crippen LogP contribution in [0, 0.1) is 0 Å². The van der Waals surface area contributed by atoms with Gasteiger partial charge in [0.25, 0.3) is 0 Å². The monoisotopic (exact) mass is 332 g/mol. The molecule has 1 fully saturated rings. The molecule has 0 spiro atoms. The highest BCUT2D eigenvalue weighted by molar-refractivity contribution is 6.30. The lowest BCUT2D eigenvalue weighted by Gasteiger charge is -2.08. The number of hydrogen-bond donors (Lipinski definition) is 2. The number of amides is 2. The Morgan fingerprint density at radius 1 is 1.39 bits per heavy atom. The van der Waals surface area contributed by atoms with E-state index < -0.39 is 0 Å². The van der Waals surface area contributed by atoms with Crippen molar-refractivity contribution in [2.75, 3.05) is 6.54 Å². The first-order chi connectivity index (χ1) is 11.2. The smallest absolute Gasteiger partial charge is 0.315 e. The number of aryl methyl sites for hydroxylation is 1. The molecule has 1 aromatic carbocycles. The third-order valence-corrected chi connectivity index (χ3v) is 4.31. The molecule has 1 saturated carbocycles. The fraction of sp³-hybridized carbons (Fsp3) is 0.412. The van der Waals surface area contributed by atoms with Crippen molar-refractivity contribution in [3.8, 4) is 0 Å². The number of nitrogens with one attached hydrogen (secondary N) is 2. The summed E-state index contributed by atoms with van der Waals surface area (Å²) in [6.45, 7) is 1.62. The van der Waals surface area contributed by atoms with Crippen molar-refractivity contribution in [2.45, 2.75) is 37.8 Å². The summed E-state index contributed by atoms with van der Waals surface area (Å²) in [5, 5.41) is 6.68. The molecule has 1 aliphatic rings. The number of carbonyl (C=O) groups is 1. The van der Waals surface area contributed by atoms with Crippen LogP contribution in [0.4, 0.5) is 4.79 Å². The molecule has 6 heteroatoms. The summed E-state index contributed by atoms with van der Waals surface area (Å²) in [7, 11) is 0. The van der Waals surface area contributed by atoms with Gasteiger partial charge in [-0.05, 0) is 37.0 Å². The number of rotatable bonds is 7. The van der Waals surface area contributed by atoms with E-state index in [-0.39, 0.29) is 12.1 Å². The molecule has 2 N–H and O–H groups in total. The van der Waals surface area contributed by atoms with Gasteiger partial charge in [-0.15, -0.1) is 0 Å². The Morgan fingerprint density at radius 3 is 3.09 bits per heavy atom. The number of hydrogen-bond acceptors (Lipinski definition) is 2. The summed E-state index contributed by atoms with van der Waals surface area (Å²) in [6, 6.07) is 8.00. The largest absolute Gasteiger partial charge is 0.338 e. The number of benzene rings is 1. The predicted molar refractivity (Wildman–Crippen MR) is 90.6 cm³/mol. The standard InChI is InChI=1S/C17H21ClN4O/c18-14-5-3-4-13(10-14)15-11-16(15)21-17(23)20-6-1-2-8-22-9-7-19-12-22/h3-5,7,9-10,12,15-16H,1-2,6,8,11H2,(H2,20,21,23)/t15-,16+/m0/s1. The van der Waals surface area contributed by atoms with Crippen LogP contribution in [-0.4, -0.2) is 28.2 Å². The van der Waals surface area contributed by atoms with Crippen LogP contribution in [0.2, 0.25) is 5.02 Å². The van der Waals surface area contributed by atoms with E-state index >= 15 is 0 Å². The van der Waals surface area contributed by atoms with E-state index in [9.17, 15) is 4.79 Å². The van der Waals surface area contributed by atoms with E-state index in [1.54, 1.807) is 6.20 Å². The predicted octanol–water partition coefficient (Wildman–Crippen LogP) is 3.17. The van der Waals surface area contributed by atoms with Crippen LogP contribution in [-0.2, 0) is 6.54 Å². The van der Waals surface area contributed by atoms with Crippen molar-refractivity contribution in [2.24, 2.45) is 0 Å². The summed E-state index contributed by atoms with van der Waals surface area (Å²) in [4.78, 5) is 15.9. The van der Waals surface area contributed by atoms with Gasteiger partial charge in [0.2, 0.25) is 0 Å². The summed E-state index contributed by atoms with van der Waals surface area (Å²) in [5.74, 6) is 0.390. The average molecular weight is 333 g/mol. The Bertz CT molecular complexity index is 644. The van der Waals surface area contributed by atoms with E-state index in [1.807, 2.05) is 35.3 Å². The molecule has 2 amide bonds. The quantitative estimate of drug-likeness (QED) is 0.765. The van der Waals surface area contributed by atoms with Gasteiger partial charge in [-0.1, -0.05) is 23.7 Å². The number of urea groups is 1. The number of halogens is 1. The van der Waals surface area contributed by atoms with E-state index in [0.29, 0.717) is 12.5 Å². The van der Waals surface area contributed by atoms with Crippen LogP contribution in [0.1, 0.15) is 30.7 Å². The molecule has 3 rings (SSSR count). The van der Waals surface area contributed by atoms with Crippen molar-refractivity contribution < 1.29 is 4.79 Å². The zero-order valence-corrected chi connectivity index (χ0v) is 13.7. The minimum Gasteiger partial charge on any atom is -0.338 e. The first-order valence-electron chi connectivity index (χ1n) is 7.98. The summed E-state index contributed by atoms with van der Waals surface area (Å²) < 4.78 is 2.04. The van der Waals surface area contributed by atoms with Crippen molar-refractivity contribution >= 4 is 17.6 Å². The second kappa shape index (κ2) is 7.51. The lowest BCUT2D eigenvalue weighted by atomic mass is 10.1. The van der Waals surface area contributed by atoms with Gasteiger partial charge < -0.3 is 15.2 Å². The normalized spacial score (nSPS) is 19.3. The van der Waals surface area contributed by atoms with Gasteiger partial charge in [-0.2, -0.15) is 0 Å². The van der Waals surface area contributed by atoms with Gasteiger partial charge >= 0.3 is 6.03 Å². The molecule has 1 aliphatic carbocycles. The maximum Gasteiger partial charge on any atom is 0.315 e. The fourth-order valence-corrected chi connectivity index (χ4v) is 2.92. The Kier molecular flexibility index (Phi) is 5.18. The maximum atomic E-state index is 11.9. The third kappa shape index (κ3) is 4.73. The van der Waals surface area contributed by atoms with Crippen LogP contribution in [0.5, 0.6) is 0 Å². The highest BCUT2D eigenvalue weighted by Crippen LogP contribution is 2.41. The maximum absolute atomic E-state index is 11.9. The highest BCUT2D eigenvalue weighted by atomic mass is 35.5. The van der Waals surface area contributed by atoms with Gasteiger partial charge in [0.15, 0.2) is 0 Å². The Labute approximate surface area is 141 Å². The lowest BCUT2D eigenvalue weighted by Crippen LogP contribution is -2.37. The number of unbranched alkanes of at least 4 members (excludes halogenated alkanes) is 1. The molecule has 0 bridgehead atoms. The molecule has 2 aromatic rings. The van der Waals surface area contributed by atoms with E-state index in [1.165, 1.54) is 5.56 Å². The minimum absolute atomic E-state index is 0.0813. The van der Waals surface area contributed by atoms with Crippen molar-refractivity contribution in [1.82, 2.24) is 20.2 Å². The molecule has 0 saturated heterocycles. The molecule has 0 aliphatic heterocycles. The molecule has 122 valence electrons. The van der Waals surface area contributed by atoms with Crippen molar-refractivity contribution in [3.63, 3.8) is 0 Å². The average Bonchev–Trinajstić information content (AvgIpc) is 3.09. The molecule has 0 unspecified atom stereocenters. The van der Waals surface area contributed by atoms with Crippen LogP contribution in [0.3, 0.4) is 0 Å². The van der Waals surface area contributed by atoms with Crippen LogP contribution in [0.25, 0.3) is 0 Å². The second-order valence-corrected chi connectivity index (χ2v) is 6.35. The van der Waals surface area contributed by atoms with Crippen molar-refractivity contribution in [1.29, 1.82) is 0 Å². The molecule has 1 aromatic heterocycles. The Balaban J connectivity index is 1.30. The summed E-state index contributed by atoms with van der Waals surface area (Å²) >= 11 is 6.00. The topological polar surface area (TPSA) is 59.0 Å². The minimum atomic E-state index is -0.0813. The second-order valence-electron chi connectivity index (χ2n) is 5.91. The van der Waals surface area contributed by atoms with E-state index in [0.717, 1.165) is 30.8 Å². The first kappa shape index (κ1) is 15.9. The van der Waals surface area contributed by atoms with Gasteiger partial charge in [-0.3, -0.25) is 0 Å². The molecule has 1 heterocycles. The van der Waals surface area contributed by atoms with E-state index in [4.69, 9.17) is 11.6 Å². The Hall–Kier alpha value is -2.01. The Morgan fingerprint density at radius 2 is 2.30 bits per heavy atom. The number of imidazole rings is 1. The van der Waals surface area contributed by atoms with Gasteiger partial charge in [0.05, 0.1) is 6.33 Å². The van der Waals surface area contributed by atoms with Gasteiger partial charge in [-0.25, -0.2) is 9.78 Å². The zero-order valence-electron chi connectivity index (χ0n) is 12.9.